The standard InChI is InChI=1S/C31H42O7S/c1-20(2)31(13-12-22-8-10-23(32)11-9-22)18-25(33)28(29(34)38-31)39-27-16-21(3)26(17-24(27)30(4,5)6)37-15-14-36-19-35-7/h8-11,16-17,20,32-33H,12-15,18-19H2,1-7H3. The van der Waals surface area contributed by atoms with Crippen molar-refractivity contribution in [3.63, 3.8) is 0 Å². The number of esters is 1. The van der Waals surface area contributed by atoms with E-state index in [1.807, 2.05) is 45.0 Å². The van der Waals surface area contributed by atoms with Crippen LogP contribution in [0.15, 0.2) is 52.0 Å². The Hall–Kier alpha value is -2.68. The zero-order valence-corrected chi connectivity index (χ0v) is 24.9. The highest BCUT2D eigenvalue weighted by Crippen LogP contribution is 2.46. The van der Waals surface area contributed by atoms with Crippen molar-refractivity contribution in [1.29, 1.82) is 0 Å². The van der Waals surface area contributed by atoms with E-state index in [0.29, 0.717) is 26.1 Å². The number of cyclic esters (lactones) is 1. The Morgan fingerprint density at radius 2 is 1.79 bits per heavy atom. The molecule has 0 aliphatic carbocycles. The highest BCUT2D eigenvalue weighted by molar-refractivity contribution is 8.04. The predicted octanol–water partition coefficient (Wildman–Crippen LogP) is 6.83. The number of aliphatic hydroxyl groups excluding tert-OH is 1. The minimum atomic E-state index is -0.811. The molecule has 0 spiro atoms. The maximum absolute atomic E-state index is 13.4. The molecule has 3 rings (SSSR count). The van der Waals surface area contributed by atoms with Gasteiger partial charge in [0.25, 0.3) is 0 Å². The van der Waals surface area contributed by atoms with Crippen molar-refractivity contribution in [2.45, 2.75) is 76.7 Å². The fourth-order valence-corrected chi connectivity index (χ4v) is 5.81. The number of hydrogen-bond donors (Lipinski definition) is 2. The van der Waals surface area contributed by atoms with Gasteiger partial charge in [0.1, 0.15) is 41.2 Å². The van der Waals surface area contributed by atoms with Crippen LogP contribution in [-0.2, 0) is 30.8 Å². The molecule has 1 unspecified atom stereocenters. The summed E-state index contributed by atoms with van der Waals surface area (Å²) in [6.45, 7) is 13.3. The van der Waals surface area contributed by atoms with Gasteiger partial charge in [0.15, 0.2) is 0 Å². The third-order valence-corrected chi connectivity index (χ3v) is 8.18. The number of rotatable bonds is 12. The van der Waals surface area contributed by atoms with Crippen molar-refractivity contribution < 1.29 is 34.0 Å². The van der Waals surface area contributed by atoms with Crippen LogP contribution in [0.25, 0.3) is 0 Å². The lowest BCUT2D eigenvalue weighted by Crippen LogP contribution is -2.44. The molecule has 1 heterocycles. The first kappa shape index (κ1) is 30.9. The van der Waals surface area contributed by atoms with Crippen molar-refractivity contribution in [1.82, 2.24) is 0 Å². The number of carbonyl (C=O) groups is 1. The van der Waals surface area contributed by atoms with Crippen LogP contribution in [0.5, 0.6) is 11.5 Å². The number of methoxy groups -OCH3 is 1. The van der Waals surface area contributed by atoms with E-state index >= 15 is 0 Å². The van der Waals surface area contributed by atoms with Gasteiger partial charge in [-0.1, -0.05) is 58.5 Å². The lowest BCUT2D eigenvalue weighted by molar-refractivity contribution is -0.164. The van der Waals surface area contributed by atoms with Gasteiger partial charge < -0.3 is 29.2 Å². The Morgan fingerprint density at radius 3 is 2.38 bits per heavy atom. The molecule has 0 radical (unpaired) electrons. The molecule has 0 saturated carbocycles. The van der Waals surface area contributed by atoms with Crippen molar-refractivity contribution >= 4 is 17.7 Å². The van der Waals surface area contributed by atoms with Crippen molar-refractivity contribution in [2.75, 3.05) is 27.1 Å². The average Bonchev–Trinajstić information content (AvgIpc) is 2.86. The van der Waals surface area contributed by atoms with Crippen LogP contribution >= 0.6 is 11.8 Å². The van der Waals surface area contributed by atoms with E-state index in [0.717, 1.165) is 27.3 Å². The summed E-state index contributed by atoms with van der Waals surface area (Å²) in [6.07, 6.45) is 1.48. The van der Waals surface area contributed by atoms with Crippen LogP contribution in [0.3, 0.4) is 0 Å². The van der Waals surface area contributed by atoms with Gasteiger partial charge in [-0.25, -0.2) is 4.79 Å². The van der Waals surface area contributed by atoms with Crippen molar-refractivity contribution in [3.8, 4) is 11.5 Å². The van der Waals surface area contributed by atoms with Gasteiger partial charge in [-0.2, -0.15) is 0 Å². The van der Waals surface area contributed by atoms with E-state index < -0.39 is 11.6 Å². The number of carbonyl (C=O) groups excluding carboxylic acids is 1. The molecule has 0 fully saturated rings. The number of phenols is 1. The Balaban J connectivity index is 1.84. The van der Waals surface area contributed by atoms with E-state index in [1.165, 1.54) is 11.8 Å². The summed E-state index contributed by atoms with van der Waals surface area (Å²) in [5.74, 6) is 0.524. The number of benzene rings is 2. The zero-order valence-electron chi connectivity index (χ0n) is 24.1. The third kappa shape index (κ3) is 7.93. The van der Waals surface area contributed by atoms with E-state index in [9.17, 15) is 15.0 Å². The number of aryl methyl sites for hydroxylation is 2. The van der Waals surface area contributed by atoms with E-state index in [4.69, 9.17) is 18.9 Å². The van der Waals surface area contributed by atoms with Crippen LogP contribution in [0.2, 0.25) is 0 Å². The number of phenolic OH excluding ortho intramolecular Hbond substituents is 1. The Morgan fingerprint density at radius 1 is 1.10 bits per heavy atom. The Labute approximate surface area is 236 Å². The molecule has 7 nitrogen and oxygen atoms in total. The molecule has 1 aliphatic heterocycles. The maximum atomic E-state index is 13.4. The van der Waals surface area contributed by atoms with Crippen LogP contribution < -0.4 is 4.74 Å². The molecule has 39 heavy (non-hydrogen) atoms. The van der Waals surface area contributed by atoms with Gasteiger partial charge in [-0.15, -0.1) is 0 Å². The molecule has 2 N–H and O–H groups in total. The first-order valence-electron chi connectivity index (χ1n) is 13.3. The molecule has 0 saturated heterocycles. The highest BCUT2D eigenvalue weighted by atomic mass is 32.2. The quantitative estimate of drug-likeness (QED) is 0.166. The van der Waals surface area contributed by atoms with E-state index in [1.54, 1.807) is 19.2 Å². The maximum Gasteiger partial charge on any atom is 0.349 e. The number of aromatic hydroxyl groups is 1. The lowest BCUT2D eigenvalue weighted by Gasteiger charge is -2.40. The number of ether oxygens (including phenoxy) is 4. The molecule has 8 heteroatoms. The predicted molar refractivity (Wildman–Crippen MR) is 153 cm³/mol. The lowest BCUT2D eigenvalue weighted by atomic mass is 9.80. The van der Waals surface area contributed by atoms with Gasteiger partial charge in [-0.05, 0) is 72.1 Å². The van der Waals surface area contributed by atoms with E-state index in [2.05, 4.69) is 20.8 Å². The van der Waals surface area contributed by atoms with Gasteiger partial charge in [0.2, 0.25) is 0 Å². The zero-order chi connectivity index (χ0) is 28.8. The molecule has 2 aromatic carbocycles. The summed E-state index contributed by atoms with van der Waals surface area (Å²) >= 11 is 1.25. The normalized spacial score (nSPS) is 18.0. The average molecular weight is 559 g/mol. The summed E-state index contributed by atoms with van der Waals surface area (Å²) in [6, 6.07) is 11.0. The number of thioether (sulfide) groups is 1. The summed E-state index contributed by atoms with van der Waals surface area (Å²) < 4.78 is 22.3. The largest absolute Gasteiger partial charge is 0.511 e. The third-order valence-electron chi connectivity index (χ3n) is 7.02. The smallest absolute Gasteiger partial charge is 0.349 e. The first-order valence-corrected chi connectivity index (χ1v) is 14.1. The minimum Gasteiger partial charge on any atom is -0.511 e. The van der Waals surface area contributed by atoms with E-state index in [-0.39, 0.29) is 41.0 Å². The monoisotopic (exact) mass is 558 g/mol. The summed E-state index contributed by atoms with van der Waals surface area (Å²) in [7, 11) is 1.58. The number of aliphatic hydroxyl groups is 1. The molecule has 214 valence electrons. The highest BCUT2D eigenvalue weighted by Gasteiger charge is 2.44. The van der Waals surface area contributed by atoms with Crippen molar-refractivity contribution in [2.24, 2.45) is 5.92 Å². The molecular formula is C31H42O7S. The Kier molecular flexibility index (Phi) is 10.4. The van der Waals surface area contributed by atoms with Gasteiger partial charge in [-0.3, -0.25) is 0 Å². The first-order chi connectivity index (χ1) is 18.4. The molecule has 0 amide bonds. The molecule has 0 aromatic heterocycles. The van der Waals surface area contributed by atoms with Crippen LogP contribution in [0.1, 0.15) is 64.2 Å². The molecular weight excluding hydrogens is 516 g/mol. The number of hydrogen-bond acceptors (Lipinski definition) is 8. The van der Waals surface area contributed by atoms with Gasteiger partial charge in [0.05, 0.1) is 6.61 Å². The Bertz CT molecular complexity index is 1160. The fourth-order valence-electron chi connectivity index (χ4n) is 4.57. The fraction of sp³-hybridized carbons (Fsp3) is 0.516. The topological polar surface area (TPSA) is 94.5 Å². The van der Waals surface area contributed by atoms with Gasteiger partial charge >= 0.3 is 5.97 Å². The summed E-state index contributed by atoms with van der Waals surface area (Å²) in [5, 5.41) is 20.8. The minimum absolute atomic E-state index is 0.00365. The van der Waals surface area contributed by atoms with Crippen LogP contribution in [0, 0.1) is 12.8 Å². The van der Waals surface area contributed by atoms with Crippen LogP contribution in [0.4, 0.5) is 0 Å². The summed E-state index contributed by atoms with van der Waals surface area (Å²) in [5.41, 5.74) is 1.92. The molecule has 1 atom stereocenters. The second-order valence-corrected chi connectivity index (χ2v) is 12.4. The SMILES string of the molecule is COCOCCOc1cc(C(C)(C)C)c(SC2=C(O)CC(CCc3ccc(O)cc3)(C(C)C)OC2=O)cc1C. The van der Waals surface area contributed by atoms with Crippen molar-refractivity contribution in [3.05, 3.63) is 63.8 Å². The summed E-state index contributed by atoms with van der Waals surface area (Å²) in [4.78, 5) is 14.5. The molecule has 1 aliphatic rings. The van der Waals surface area contributed by atoms with Crippen LogP contribution in [-0.4, -0.2) is 48.9 Å². The van der Waals surface area contributed by atoms with Gasteiger partial charge in [0, 0.05) is 18.4 Å². The second-order valence-electron chi connectivity index (χ2n) is 11.4. The second kappa shape index (κ2) is 13.1. The molecule has 2 aromatic rings. The molecule has 0 bridgehead atoms.